The number of anilines is 3. The van der Waals surface area contributed by atoms with Gasteiger partial charge >= 0.3 is 6.03 Å². The van der Waals surface area contributed by atoms with Gasteiger partial charge in [-0.15, -0.1) is 0 Å². The second kappa shape index (κ2) is 10.1. The minimum absolute atomic E-state index is 0.179. The summed E-state index contributed by atoms with van der Waals surface area (Å²) >= 11 is 0. The summed E-state index contributed by atoms with van der Waals surface area (Å²) < 4.78 is 5.46. The Bertz CT molecular complexity index is 1280. The maximum atomic E-state index is 13.3. The van der Waals surface area contributed by atoms with E-state index in [1.807, 2.05) is 30.0 Å². The number of nitrogens with zero attached hydrogens (tertiary/aromatic N) is 4. The average Bonchev–Trinajstić information content (AvgIpc) is 3.51. The number of nitrogens with one attached hydrogen (secondary N) is 3. The Morgan fingerprint density at radius 1 is 1.11 bits per heavy atom. The summed E-state index contributed by atoms with van der Waals surface area (Å²) in [5.41, 5.74) is 4.15. The van der Waals surface area contributed by atoms with Crippen LogP contribution in [0.4, 0.5) is 22.2 Å². The molecule has 0 unspecified atom stereocenters. The van der Waals surface area contributed by atoms with Gasteiger partial charge in [0.1, 0.15) is 11.5 Å². The molecule has 1 aromatic carbocycles. The largest absolute Gasteiger partial charge is 0.378 e. The number of carbonyl (C=O) groups is 2. The van der Waals surface area contributed by atoms with E-state index in [1.165, 1.54) is 4.90 Å². The van der Waals surface area contributed by atoms with Crippen molar-refractivity contribution in [2.24, 2.45) is 0 Å². The third-order valence-corrected chi connectivity index (χ3v) is 7.12. The lowest BCUT2D eigenvalue weighted by molar-refractivity contribution is 0.102. The highest BCUT2D eigenvalue weighted by atomic mass is 16.5. The van der Waals surface area contributed by atoms with Crippen molar-refractivity contribution in [2.45, 2.75) is 45.6 Å². The number of carbonyl (C=O) groups excluding carboxylic acids is 2. The van der Waals surface area contributed by atoms with Crippen LogP contribution in [0, 0.1) is 13.8 Å². The van der Waals surface area contributed by atoms with Gasteiger partial charge in [0.25, 0.3) is 5.91 Å². The molecule has 10 nitrogen and oxygen atoms in total. The molecular weight excluding hydrogens is 458 g/mol. The molecule has 5 rings (SSSR count). The summed E-state index contributed by atoms with van der Waals surface area (Å²) in [5.74, 6) is 0.427. The molecule has 2 fully saturated rings. The second-order valence-electron chi connectivity index (χ2n) is 9.59. The topological polar surface area (TPSA) is 115 Å². The molecule has 0 spiro atoms. The van der Waals surface area contributed by atoms with Crippen LogP contribution in [-0.2, 0) is 4.74 Å². The van der Waals surface area contributed by atoms with Crippen molar-refractivity contribution < 1.29 is 14.3 Å². The number of aromatic amines is 1. The molecule has 3 amide bonds. The summed E-state index contributed by atoms with van der Waals surface area (Å²) in [6.07, 6.45) is 4.23. The minimum atomic E-state index is -0.359. The van der Waals surface area contributed by atoms with Crippen LogP contribution in [0.3, 0.4) is 0 Å². The first-order chi connectivity index (χ1) is 17.4. The van der Waals surface area contributed by atoms with Crippen molar-refractivity contribution in [2.75, 3.05) is 48.5 Å². The third kappa shape index (κ3) is 4.99. The molecule has 3 aromatic rings. The van der Waals surface area contributed by atoms with Crippen LogP contribution >= 0.6 is 0 Å². The zero-order valence-corrected chi connectivity index (χ0v) is 21.1. The summed E-state index contributed by atoms with van der Waals surface area (Å²) in [7, 11) is 1.67. The third-order valence-electron chi connectivity index (χ3n) is 7.12. The molecule has 190 valence electrons. The first-order valence-electron chi connectivity index (χ1n) is 12.6. The number of benzene rings is 1. The molecule has 3 heterocycles. The number of amides is 3. The molecule has 0 atom stereocenters. The van der Waals surface area contributed by atoms with E-state index in [0.717, 1.165) is 47.8 Å². The van der Waals surface area contributed by atoms with Crippen LogP contribution < -0.4 is 20.4 Å². The zero-order valence-electron chi connectivity index (χ0n) is 21.1. The number of aromatic nitrogens is 3. The second-order valence-corrected chi connectivity index (χ2v) is 9.59. The number of hydrogen-bond donors (Lipinski definition) is 3. The van der Waals surface area contributed by atoms with E-state index in [-0.39, 0.29) is 23.7 Å². The lowest BCUT2D eigenvalue weighted by atomic mass is 10.1. The quantitative estimate of drug-likeness (QED) is 0.501. The standard InChI is InChI=1S/C26H33N7O3/c1-16-17(2)27-21-9-8-19(14-20(16)21)28-24(34)22-15-23(31-25(30-22)33-10-12-36-13-11-33)32(3)26(35)29-18-6-4-5-7-18/h8-9,14-15,18,27H,4-7,10-13H2,1-3H3,(H,28,34)(H,29,35). The zero-order chi connectivity index (χ0) is 25.2. The Morgan fingerprint density at radius 3 is 2.61 bits per heavy atom. The smallest absolute Gasteiger partial charge is 0.323 e. The number of ether oxygens (including phenoxy) is 1. The molecule has 3 N–H and O–H groups in total. The molecule has 1 aliphatic carbocycles. The Balaban J connectivity index is 1.42. The summed E-state index contributed by atoms with van der Waals surface area (Å²) in [6.45, 7) is 6.43. The van der Waals surface area contributed by atoms with Crippen LogP contribution in [0.5, 0.6) is 0 Å². The number of H-pyrrole nitrogens is 1. The predicted molar refractivity (Wildman–Crippen MR) is 140 cm³/mol. The summed E-state index contributed by atoms with van der Waals surface area (Å²) in [6, 6.07) is 7.29. The summed E-state index contributed by atoms with van der Waals surface area (Å²) in [4.78, 5) is 42.2. The van der Waals surface area contributed by atoms with Gasteiger partial charge in [-0.25, -0.2) is 9.78 Å². The van der Waals surface area contributed by atoms with E-state index in [4.69, 9.17) is 4.74 Å². The molecule has 1 saturated carbocycles. The van der Waals surface area contributed by atoms with E-state index in [2.05, 4.69) is 32.5 Å². The van der Waals surface area contributed by atoms with E-state index in [9.17, 15) is 9.59 Å². The van der Waals surface area contributed by atoms with Gasteiger partial charge in [0.2, 0.25) is 5.95 Å². The van der Waals surface area contributed by atoms with Gasteiger partial charge in [0, 0.05) is 54.5 Å². The molecule has 1 aliphatic heterocycles. The van der Waals surface area contributed by atoms with E-state index >= 15 is 0 Å². The number of fused-ring (bicyclic) bond motifs is 1. The molecular formula is C26H33N7O3. The molecule has 10 heteroatoms. The molecule has 0 bridgehead atoms. The Hall–Kier alpha value is -3.66. The maximum Gasteiger partial charge on any atom is 0.323 e. The van der Waals surface area contributed by atoms with E-state index in [0.29, 0.717) is 43.8 Å². The van der Waals surface area contributed by atoms with Crippen LogP contribution in [-0.4, -0.2) is 66.3 Å². The van der Waals surface area contributed by atoms with Crippen molar-refractivity contribution in [3.8, 4) is 0 Å². The highest BCUT2D eigenvalue weighted by molar-refractivity contribution is 6.05. The van der Waals surface area contributed by atoms with Crippen molar-refractivity contribution in [3.63, 3.8) is 0 Å². The number of hydrogen-bond acceptors (Lipinski definition) is 6. The first kappa shape index (κ1) is 24.1. The Kier molecular flexibility index (Phi) is 6.77. The lowest BCUT2D eigenvalue weighted by Gasteiger charge is -2.28. The number of aryl methyl sites for hydroxylation is 2. The van der Waals surface area contributed by atoms with Gasteiger partial charge in [-0.05, 0) is 50.5 Å². The monoisotopic (exact) mass is 491 g/mol. The fraction of sp³-hybridized carbons (Fsp3) is 0.462. The summed E-state index contributed by atoms with van der Waals surface area (Å²) in [5, 5.41) is 7.11. The van der Waals surface area contributed by atoms with E-state index < -0.39 is 0 Å². The molecule has 0 radical (unpaired) electrons. The van der Waals surface area contributed by atoms with Gasteiger partial charge in [0.15, 0.2) is 0 Å². The maximum absolute atomic E-state index is 13.3. The van der Waals surface area contributed by atoms with E-state index in [1.54, 1.807) is 13.1 Å². The lowest BCUT2D eigenvalue weighted by Crippen LogP contribution is -2.43. The highest BCUT2D eigenvalue weighted by Crippen LogP contribution is 2.26. The highest BCUT2D eigenvalue weighted by Gasteiger charge is 2.24. The van der Waals surface area contributed by atoms with Crippen molar-refractivity contribution in [1.82, 2.24) is 20.3 Å². The van der Waals surface area contributed by atoms with Crippen LogP contribution in [0.1, 0.15) is 47.4 Å². The number of rotatable bonds is 5. The van der Waals surface area contributed by atoms with Gasteiger partial charge in [-0.2, -0.15) is 4.98 Å². The van der Waals surface area contributed by atoms with Gasteiger partial charge in [-0.3, -0.25) is 9.69 Å². The van der Waals surface area contributed by atoms with Crippen LogP contribution in [0.25, 0.3) is 10.9 Å². The fourth-order valence-electron chi connectivity index (χ4n) is 4.79. The average molecular weight is 492 g/mol. The number of urea groups is 1. The normalized spacial score (nSPS) is 16.4. The predicted octanol–water partition coefficient (Wildman–Crippen LogP) is 3.75. The fourth-order valence-corrected chi connectivity index (χ4v) is 4.79. The molecule has 2 aliphatic rings. The van der Waals surface area contributed by atoms with Crippen LogP contribution in [0.15, 0.2) is 24.3 Å². The number of morpholine rings is 1. The van der Waals surface area contributed by atoms with Crippen molar-refractivity contribution >= 4 is 40.3 Å². The van der Waals surface area contributed by atoms with Crippen LogP contribution in [0.2, 0.25) is 0 Å². The SMILES string of the molecule is Cc1[nH]c2ccc(NC(=O)c3cc(N(C)C(=O)NC4CCCC4)nc(N4CCOCC4)n3)cc2c1C. The van der Waals surface area contributed by atoms with Gasteiger partial charge in [-0.1, -0.05) is 12.8 Å². The van der Waals surface area contributed by atoms with Gasteiger partial charge < -0.3 is 25.3 Å². The minimum Gasteiger partial charge on any atom is -0.378 e. The molecule has 1 saturated heterocycles. The Morgan fingerprint density at radius 2 is 1.86 bits per heavy atom. The van der Waals surface area contributed by atoms with Gasteiger partial charge in [0.05, 0.1) is 13.2 Å². The Labute approximate surface area is 210 Å². The molecule has 36 heavy (non-hydrogen) atoms. The van der Waals surface area contributed by atoms with Crippen molar-refractivity contribution in [3.05, 3.63) is 41.2 Å². The first-order valence-corrected chi connectivity index (χ1v) is 12.6. The molecule has 2 aromatic heterocycles. The van der Waals surface area contributed by atoms with Crippen molar-refractivity contribution in [1.29, 1.82) is 0 Å².